The predicted molar refractivity (Wildman–Crippen MR) is 129 cm³/mol. The van der Waals surface area contributed by atoms with E-state index < -0.39 is 0 Å². The standard InChI is InChI=1S/C21H28N4O2S.HI/c1-15-5-4-6-18(11-15)27-16(2)12-23-21(22-3)24-13-20(26)25-9-7-19-17(14-25)8-10-28-19;/h4-6,8,10-11,16H,7,9,12-14H2,1-3H3,(H2,22,23,24);1H. The minimum absolute atomic E-state index is 0. The van der Waals surface area contributed by atoms with Crippen molar-refractivity contribution < 1.29 is 9.53 Å². The number of carbonyl (C=O) groups excluding carboxylic acids is 1. The van der Waals surface area contributed by atoms with Gasteiger partial charge in [-0.3, -0.25) is 9.79 Å². The van der Waals surface area contributed by atoms with Gasteiger partial charge in [-0.15, -0.1) is 35.3 Å². The highest BCUT2D eigenvalue weighted by molar-refractivity contribution is 14.0. The van der Waals surface area contributed by atoms with Crippen molar-refractivity contribution in [1.82, 2.24) is 15.5 Å². The summed E-state index contributed by atoms with van der Waals surface area (Å²) in [5.41, 5.74) is 2.44. The molecule has 0 saturated heterocycles. The van der Waals surface area contributed by atoms with Crippen LogP contribution in [-0.4, -0.2) is 49.6 Å². The smallest absolute Gasteiger partial charge is 0.242 e. The molecule has 1 aromatic carbocycles. The van der Waals surface area contributed by atoms with Crippen molar-refractivity contribution in [3.05, 3.63) is 51.7 Å². The molecule has 0 fully saturated rings. The Morgan fingerprint density at radius 3 is 2.93 bits per heavy atom. The molecule has 1 aliphatic rings. The lowest BCUT2D eigenvalue weighted by Gasteiger charge is -2.27. The van der Waals surface area contributed by atoms with Gasteiger partial charge in [0.1, 0.15) is 11.9 Å². The van der Waals surface area contributed by atoms with Crippen LogP contribution in [0.3, 0.4) is 0 Å². The number of nitrogens with one attached hydrogen (secondary N) is 2. The first-order valence-electron chi connectivity index (χ1n) is 9.56. The normalized spacial score (nSPS) is 14.4. The minimum atomic E-state index is -0.0323. The number of nitrogens with zero attached hydrogens (tertiary/aromatic N) is 2. The second-order valence-electron chi connectivity index (χ2n) is 6.99. The molecule has 0 radical (unpaired) electrons. The number of rotatable bonds is 6. The molecule has 0 bridgehead atoms. The minimum Gasteiger partial charge on any atom is -0.489 e. The van der Waals surface area contributed by atoms with Gasteiger partial charge in [0.25, 0.3) is 0 Å². The van der Waals surface area contributed by atoms with Crippen LogP contribution in [-0.2, 0) is 17.8 Å². The van der Waals surface area contributed by atoms with Crippen LogP contribution in [0, 0.1) is 6.92 Å². The quantitative estimate of drug-likeness (QED) is 0.344. The van der Waals surface area contributed by atoms with E-state index in [0.29, 0.717) is 19.0 Å². The number of halogens is 1. The molecule has 2 heterocycles. The van der Waals surface area contributed by atoms with Gasteiger partial charge in [-0.05, 0) is 55.0 Å². The number of benzene rings is 1. The van der Waals surface area contributed by atoms with Gasteiger partial charge in [0, 0.05) is 25.0 Å². The molecule has 2 aromatic rings. The van der Waals surface area contributed by atoms with Crippen molar-refractivity contribution in [2.24, 2.45) is 4.99 Å². The van der Waals surface area contributed by atoms with E-state index >= 15 is 0 Å². The number of amides is 1. The van der Waals surface area contributed by atoms with Crippen LogP contribution in [0.5, 0.6) is 5.75 Å². The van der Waals surface area contributed by atoms with Crippen molar-refractivity contribution in [2.45, 2.75) is 32.9 Å². The summed E-state index contributed by atoms with van der Waals surface area (Å²) in [4.78, 5) is 20.0. The van der Waals surface area contributed by atoms with Crippen LogP contribution in [0.4, 0.5) is 0 Å². The largest absolute Gasteiger partial charge is 0.489 e. The molecule has 3 rings (SSSR count). The number of fused-ring (bicyclic) bond motifs is 1. The average molecular weight is 528 g/mol. The van der Waals surface area contributed by atoms with Crippen molar-refractivity contribution in [3.63, 3.8) is 0 Å². The second-order valence-corrected chi connectivity index (χ2v) is 7.99. The Balaban J connectivity index is 0.00000300. The zero-order valence-electron chi connectivity index (χ0n) is 17.1. The third-order valence-corrected chi connectivity index (χ3v) is 5.70. The summed E-state index contributed by atoms with van der Waals surface area (Å²) in [5, 5.41) is 8.43. The zero-order chi connectivity index (χ0) is 19.9. The van der Waals surface area contributed by atoms with E-state index in [4.69, 9.17) is 4.74 Å². The topological polar surface area (TPSA) is 66.0 Å². The van der Waals surface area contributed by atoms with Gasteiger partial charge in [-0.1, -0.05) is 12.1 Å². The number of hydrogen-bond donors (Lipinski definition) is 2. The number of carbonyl (C=O) groups is 1. The molecule has 1 unspecified atom stereocenters. The van der Waals surface area contributed by atoms with E-state index in [1.165, 1.54) is 16.0 Å². The first-order chi connectivity index (χ1) is 13.5. The Hall–Kier alpha value is -1.81. The maximum Gasteiger partial charge on any atom is 0.242 e. The maximum atomic E-state index is 12.5. The number of guanidine groups is 1. The first-order valence-corrected chi connectivity index (χ1v) is 10.4. The number of aliphatic imine (C=N–C) groups is 1. The highest BCUT2D eigenvalue weighted by Crippen LogP contribution is 2.23. The molecule has 1 atom stereocenters. The van der Waals surface area contributed by atoms with E-state index in [0.717, 1.165) is 18.7 Å². The van der Waals surface area contributed by atoms with Gasteiger partial charge in [0.2, 0.25) is 5.91 Å². The van der Waals surface area contributed by atoms with Crippen LogP contribution < -0.4 is 15.4 Å². The van der Waals surface area contributed by atoms with E-state index in [1.54, 1.807) is 18.4 Å². The average Bonchev–Trinajstić information content (AvgIpc) is 3.15. The fraction of sp³-hybridized carbons (Fsp3) is 0.429. The van der Waals surface area contributed by atoms with Gasteiger partial charge < -0.3 is 20.3 Å². The van der Waals surface area contributed by atoms with Gasteiger partial charge in [-0.25, -0.2) is 0 Å². The highest BCUT2D eigenvalue weighted by Gasteiger charge is 2.21. The summed E-state index contributed by atoms with van der Waals surface area (Å²) in [6.45, 7) is 6.34. The Morgan fingerprint density at radius 2 is 2.17 bits per heavy atom. The summed E-state index contributed by atoms with van der Waals surface area (Å²) < 4.78 is 5.92. The van der Waals surface area contributed by atoms with Crippen LogP contribution in [0.2, 0.25) is 0 Å². The molecule has 1 aromatic heterocycles. The van der Waals surface area contributed by atoms with Crippen LogP contribution in [0.15, 0.2) is 40.7 Å². The third-order valence-electron chi connectivity index (χ3n) is 4.67. The van der Waals surface area contributed by atoms with Gasteiger partial charge in [0.15, 0.2) is 5.96 Å². The molecular weight excluding hydrogens is 499 g/mol. The third kappa shape index (κ3) is 6.88. The predicted octanol–water partition coefficient (Wildman–Crippen LogP) is 3.19. The summed E-state index contributed by atoms with van der Waals surface area (Å²) in [6, 6.07) is 10.1. The van der Waals surface area contributed by atoms with Crippen molar-refractivity contribution in [3.8, 4) is 5.75 Å². The van der Waals surface area contributed by atoms with E-state index in [2.05, 4.69) is 27.1 Å². The van der Waals surface area contributed by atoms with E-state index in [-0.39, 0.29) is 42.5 Å². The summed E-state index contributed by atoms with van der Waals surface area (Å²) >= 11 is 1.78. The van der Waals surface area contributed by atoms with E-state index in [9.17, 15) is 4.79 Å². The molecule has 29 heavy (non-hydrogen) atoms. The van der Waals surface area contributed by atoms with Crippen molar-refractivity contribution in [1.29, 1.82) is 0 Å². The fourth-order valence-electron chi connectivity index (χ4n) is 3.16. The first kappa shape index (κ1) is 23.5. The Kier molecular flexibility index (Phi) is 9.22. The van der Waals surface area contributed by atoms with Gasteiger partial charge in [-0.2, -0.15) is 0 Å². The molecule has 6 nitrogen and oxygen atoms in total. The maximum absolute atomic E-state index is 12.5. The summed E-state index contributed by atoms with van der Waals surface area (Å²) in [5.74, 6) is 1.54. The fourth-order valence-corrected chi connectivity index (χ4v) is 4.05. The van der Waals surface area contributed by atoms with Crippen LogP contribution in [0.25, 0.3) is 0 Å². The molecule has 1 aliphatic heterocycles. The molecule has 2 N–H and O–H groups in total. The monoisotopic (exact) mass is 528 g/mol. The summed E-state index contributed by atoms with van der Waals surface area (Å²) in [7, 11) is 1.70. The van der Waals surface area contributed by atoms with Gasteiger partial charge >= 0.3 is 0 Å². The molecule has 0 saturated carbocycles. The molecule has 1 amide bonds. The van der Waals surface area contributed by atoms with Crippen molar-refractivity contribution in [2.75, 3.05) is 26.7 Å². The van der Waals surface area contributed by atoms with Gasteiger partial charge in [0.05, 0.1) is 13.1 Å². The highest BCUT2D eigenvalue weighted by atomic mass is 127. The number of aryl methyl sites for hydroxylation is 1. The molecular formula is C21H29IN4O2S. The number of thiophene rings is 1. The number of hydrogen-bond acceptors (Lipinski definition) is 4. The summed E-state index contributed by atoms with van der Waals surface area (Å²) in [6.07, 6.45) is 0.912. The van der Waals surface area contributed by atoms with E-state index in [1.807, 2.05) is 43.0 Å². The molecule has 8 heteroatoms. The van der Waals surface area contributed by atoms with Crippen molar-refractivity contribution >= 4 is 47.2 Å². The SMILES string of the molecule is CN=C(NCC(=O)N1CCc2sccc2C1)NCC(C)Oc1cccc(C)c1.I. The zero-order valence-corrected chi connectivity index (χ0v) is 20.3. The Morgan fingerprint density at radius 1 is 1.34 bits per heavy atom. The Labute approximate surface area is 193 Å². The second kappa shape index (κ2) is 11.4. The lowest BCUT2D eigenvalue weighted by Crippen LogP contribution is -2.47. The lowest BCUT2D eigenvalue weighted by molar-refractivity contribution is -0.130. The lowest BCUT2D eigenvalue weighted by atomic mass is 10.1. The molecule has 0 spiro atoms. The van der Waals surface area contributed by atoms with Crippen LogP contribution >= 0.6 is 35.3 Å². The number of ether oxygens (including phenoxy) is 1. The Bertz CT molecular complexity index is 840. The molecule has 0 aliphatic carbocycles. The molecule has 158 valence electrons. The van der Waals surface area contributed by atoms with Crippen LogP contribution in [0.1, 0.15) is 22.9 Å².